The maximum atomic E-state index is 13.6. The summed E-state index contributed by atoms with van der Waals surface area (Å²) in [4.78, 5) is 7.50. The lowest BCUT2D eigenvalue weighted by Gasteiger charge is -2.26. The summed E-state index contributed by atoms with van der Waals surface area (Å²) in [5.41, 5.74) is 2.19. The van der Waals surface area contributed by atoms with Crippen LogP contribution < -0.4 is 4.74 Å². The Hall–Kier alpha value is -3.62. The van der Waals surface area contributed by atoms with Crippen molar-refractivity contribution in [1.29, 1.82) is 0 Å². The molecule has 4 aromatic rings. The lowest BCUT2D eigenvalue weighted by Crippen LogP contribution is -2.28. The number of phenols is 1. The van der Waals surface area contributed by atoms with Crippen LogP contribution in [0.4, 0.5) is 18.9 Å². The quantitative estimate of drug-likeness (QED) is 0.137. The Labute approximate surface area is 234 Å². The third-order valence-corrected chi connectivity index (χ3v) is 7.16. The molecule has 9 heteroatoms. The maximum Gasteiger partial charge on any atom is 0.417 e. The van der Waals surface area contributed by atoms with Crippen molar-refractivity contribution in [3.05, 3.63) is 118 Å². The lowest BCUT2D eigenvalue weighted by molar-refractivity contribution is -0.137. The van der Waals surface area contributed by atoms with Gasteiger partial charge in [-0.3, -0.25) is 0 Å². The van der Waals surface area contributed by atoms with E-state index in [0.717, 1.165) is 27.7 Å². The van der Waals surface area contributed by atoms with Crippen LogP contribution >= 0.6 is 23.4 Å². The first kappa shape index (κ1) is 28.4. The highest BCUT2D eigenvalue weighted by Gasteiger charge is 2.33. The number of aromatic hydroxyl groups is 1. The van der Waals surface area contributed by atoms with Gasteiger partial charge in [-0.25, -0.2) is 4.99 Å². The second kappa shape index (κ2) is 12.5. The topological polar surface area (TPSA) is 45.1 Å². The summed E-state index contributed by atoms with van der Waals surface area (Å²) >= 11 is 7.18. The average Bonchev–Trinajstić information content (AvgIpc) is 2.91. The van der Waals surface area contributed by atoms with E-state index < -0.39 is 11.7 Å². The van der Waals surface area contributed by atoms with Crippen LogP contribution in [0, 0.1) is 6.92 Å². The van der Waals surface area contributed by atoms with E-state index in [2.05, 4.69) is 0 Å². The fraction of sp³-hybridized carbons (Fsp3) is 0.167. The van der Waals surface area contributed by atoms with Crippen LogP contribution in [0.3, 0.4) is 0 Å². The number of amidine groups is 1. The van der Waals surface area contributed by atoms with Gasteiger partial charge in [0.05, 0.1) is 23.4 Å². The summed E-state index contributed by atoms with van der Waals surface area (Å²) in [6.07, 6.45) is -4.61. The number of benzene rings is 4. The van der Waals surface area contributed by atoms with E-state index in [1.807, 2.05) is 60.4 Å². The zero-order valence-corrected chi connectivity index (χ0v) is 22.8. The van der Waals surface area contributed by atoms with Crippen LogP contribution in [-0.2, 0) is 19.3 Å². The summed E-state index contributed by atoms with van der Waals surface area (Å²) in [6.45, 7) is 2.84. The molecule has 0 bridgehead atoms. The second-order valence-electron chi connectivity index (χ2n) is 8.85. The van der Waals surface area contributed by atoms with Crippen molar-refractivity contribution in [3.63, 3.8) is 0 Å². The van der Waals surface area contributed by atoms with Gasteiger partial charge < -0.3 is 14.7 Å². The van der Waals surface area contributed by atoms with Crippen LogP contribution in [0.1, 0.15) is 22.3 Å². The second-order valence-corrected chi connectivity index (χ2v) is 10.3. The van der Waals surface area contributed by atoms with Gasteiger partial charge in [0.1, 0.15) is 11.5 Å². The fourth-order valence-corrected chi connectivity index (χ4v) is 4.93. The number of ether oxygens (including phenoxy) is 1. The molecule has 0 unspecified atom stereocenters. The predicted molar refractivity (Wildman–Crippen MR) is 151 cm³/mol. The Morgan fingerprint density at radius 3 is 2.18 bits per heavy atom. The highest BCUT2D eigenvalue weighted by molar-refractivity contribution is 8.13. The fourth-order valence-electron chi connectivity index (χ4n) is 3.77. The standard InChI is InChI=1S/C30H26ClF3N2O2S/c1-20-6-8-21(9-7-20)18-36(19-22-10-13-24(37)14-11-22)29(39-26-5-3-4-25(17-26)38-2)35-23-12-15-28(31)27(16-23)30(32,33)34/h3-17,37H,18-19H2,1-2H3. The highest BCUT2D eigenvalue weighted by Crippen LogP contribution is 2.38. The average molecular weight is 571 g/mol. The molecule has 4 rings (SSSR count). The molecule has 0 fully saturated rings. The minimum Gasteiger partial charge on any atom is -0.508 e. The van der Waals surface area contributed by atoms with Crippen LogP contribution in [-0.4, -0.2) is 22.3 Å². The molecule has 39 heavy (non-hydrogen) atoms. The normalized spacial score (nSPS) is 11.9. The molecule has 0 heterocycles. The summed E-state index contributed by atoms with van der Waals surface area (Å²) in [7, 11) is 1.57. The molecule has 202 valence electrons. The van der Waals surface area contributed by atoms with Crippen LogP contribution in [0.5, 0.6) is 11.5 Å². The number of phenolic OH excluding ortho intramolecular Hbond substituents is 1. The van der Waals surface area contributed by atoms with E-state index in [9.17, 15) is 18.3 Å². The van der Waals surface area contributed by atoms with E-state index in [4.69, 9.17) is 21.3 Å². The van der Waals surface area contributed by atoms with Crippen molar-refractivity contribution in [2.75, 3.05) is 7.11 Å². The summed E-state index contributed by atoms with van der Waals surface area (Å²) in [5.74, 6) is 0.790. The first-order valence-corrected chi connectivity index (χ1v) is 13.2. The van der Waals surface area contributed by atoms with Gasteiger partial charge in [-0.15, -0.1) is 0 Å². The molecule has 0 aromatic heterocycles. The van der Waals surface area contributed by atoms with Gasteiger partial charge in [0.15, 0.2) is 5.17 Å². The van der Waals surface area contributed by atoms with E-state index in [0.29, 0.717) is 24.0 Å². The van der Waals surface area contributed by atoms with E-state index in [1.165, 1.54) is 23.9 Å². The number of alkyl halides is 3. The number of halogens is 4. The maximum absolute atomic E-state index is 13.6. The molecule has 0 spiro atoms. The number of hydrogen-bond donors (Lipinski definition) is 1. The molecule has 4 nitrogen and oxygen atoms in total. The third-order valence-electron chi connectivity index (χ3n) is 5.80. The highest BCUT2D eigenvalue weighted by atomic mass is 35.5. The number of rotatable bonds is 7. The summed E-state index contributed by atoms with van der Waals surface area (Å²) < 4.78 is 46.2. The van der Waals surface area contributed by atoms with Gasteiger partial charge in [0, 0.05) is 18.0 Å². The predicted octanol–water partition coefficient (Wildman–Crippen LogP) is 8.86. The molecule has 4 aromatic carbocycles. The first-order valence-electron chi connectivity index (χ1n) is 12.0. The van der Waals surface area contributed by atoms with Crippen LogP contribution in [0.25, 0.3) is 0 Å². The lowest BCUT2D eigenvalue weighted by atomic mass is 10.1. The Morgan fingerprint density at radius 2 is 1.56 bits per heavy atom. The van der Waals surface area contributed by atoms with Gasteiger partial charge in [0.25, 0.3) is 0 Å². The van der Waals surface area contributed by atoms with E-state index >= 15 is 0 Å². The zero-order valence-electron chi connectivity index (χ0n) is 21.2. The molecule has 0 saturated carbocycles. The number of aryl methyl sites for hydroxylation is 1. The Kier molecular flexibility index (Phi) is 9.09. The number of nitrogens with zero attached hydrogens (tertiary/aromatic N) is 2. The number of aliphatic imine (C=N–C) groups is 1. The van der Waals surface area contributed by atoms with Crippen molar-refractivity contribution in [1.82, 2.24) is 4.90 Å². The Morgan fingerprint density at radius 1 is 0.923 bits per heavy atom. The molecular weight excluding hydrogens is 545 g/mol. The van der Waals surface area contributed by atoms with Crippen LogP contribution in [0.15, 0.2) is 101 Å². The number of thioether (sulfide) groups is 1. The van der Waals surface area contributed by atoms with Crippen molar-refractivity contribution in [3.8, 4) is 11.5 Å². The van der Waals surface area contributed by atoms with Crippen molar-refractivity contribution < 1.29 is 23.0 Å². The van der Waals surface area contributed by atoms with Crippen molar-refractivity contribution in [2.24, 2.45) is 4.99 Å². The SMILES string of the molecule is COc1cccc(SC(=Nc2ccc(Cl)c(C(F)(F)F)c2)N(Cc2ccc(C)cc2)Cc2ccc(O)cc2)c1. The van der Waals surface area contributed by atoms with Crippen LogP contribution in [0.2, 0.25) is 5.02 Å². The molecule has 0 saturated heterocycles. The van der Waals surface area contributed by atoms with Gasteiger partial charge in [-0.05, 0) is 66.6 Å². The third kappa shape index (κ3) is 7.94. The Bertz CT molecular complexity index is 1390. The molecule has 0 atom stereocenters. The number of methoxy groups -OCH3 is 1. The molecule has 0 aliphatic heterocycles. The van der Waals surface area contributed by atoms with E-state index in [-0.39, 0.29) is 16.5 Å². The van der Waals surface area contributed by atoms with Gasteiger partial charge in [-0.1, -0.05) is 71.4 Å². The monoisotopic (exact) mass is 570 g/mol. The van der Waals surface area contributed by atoms with E-state index in [1.54, 1.807) is 31.4 Å². The molecule has 1 N–H and O–H groups in total. The van der Waals surface area contributed by atoms with Gasteiger partial charge in [-0.2, -0.15) is 13.2 Å². The van der Waals surface area contributed by atoms with Gasteiger partial charge in [0.2, 0.25) is 0 Å². The molecule has 0 aliphatic carbocycles. The first-order chi connectivity index (χ1) is 18.6. The number of hydrogen-bond acceptors (Lipinski definition) is 4. The minimum atomic E-state index is -4.61. The molecule has 0 amide bonds. The summed E-state index contributed by atoms with van der Waals surface area (Å²) in [5, 5.41) is 9.85. The molecule has 0 aliphatic rings. The summed E-state index contributed by atoms with van der Waals surface area (Å²) in [6, 6.07) is 25.9. The van der Waals surface area contributed by atoms with Gasteiger partial charge >= 0.3 is 6.18 Å². The zero-order chi connectivity index (χ0) is 28.0. The Balaban J connectivity index is 1.81. The van der Waals surface area contributed by atoms with Crippen molar-refractivity contribution in [2.45, 2.75) is 31.1 Å². The van der Waals surface area contributed by atoms with Crippen molar-refractivity contribution >= 4 is 34.2 Å². The minimum absolute atomic E-state index is 0.122. The molecule has 0 radical (unpaired) electrons. The largest absolute Gasteiger partial charge is 0.508 e. The smallest absolute Gasteiger partial charge is 0.417 e. The molecular formula is C30H26ClF3N2O2S.